The minimum Gasteiger partial charge on any atom is -0.455 e. The normalized spacial score (nSPS) is 12.1. The maximum atomic E-state index is 6.81. The number of thiophene rings is 2. The standard InChI is InChI=1S/C53H29N3OS2/c1-2-11-34-30(10-1)20-21-31-28-33(23-24-35(31)34)51-54-52(41-15-9-19-46-48(41)40-14-5-8-18-45(40)58-46)56-53(55-51)42-27-26-36(50-49(42)39-13-3-6-16-43(39)57-50)32-22-25-38-37-12-4-7-17-44(37)59-47(38)29-32/h1-29H. The average molecular weight is 788 g/mol. The molecule has 4 aromatic heterocycles. The van der Waals surface area contributed by atoms with Crippen molar-refractivity contribution in [2.45, 2.75) is 0 Å². The molecule has 4 nitrogen and oxygen atoms in total. The first-order valence-electron chi connectivity index (χ1n) is 19.7. The van der Waals surface area contributed by atoms with Crippen LogP contribution < -0.4 is 0 Å². The van der Waals surface area contributed by atoms with Crippen molar-refractivity contribution in [3.63, 3.8) is 0 Å². The highest BCUT2D eigenvalue weighted by Crippen LogP contribution is 2.45. The van der Waals surface area contributed by atoms with Crippen LogP contribution >= 0.6 is 22.7 Å². The van der Waals surface area contributed by atoms with Gasteiger partial charge in [0.15, 0.2) is 17.5 Å². The van der Waals surface area contributed by atoms with Crippen LogP contribution in [0.2, 0.25) is 0 Å². The minimum absolute atomic E-state index is 0.600. The van der Waals surface area contributed by atoms with Crippen molar-refractivity contribution in [3.05, 3.63) is 176 Å². The second kappa shape index (κ2) is 12.6. The molecule has 0 saturated carbocycles. The number of hydrogen-bond acceptors (Lipinski definition) is 6. The largest absolute Gasteiger partial charge is 0.455 e. The van der Waals surface area contributed by atoms with Crippen LogP contribution in [0.3, 0.4) is 0 Å². The molecule has 0 saturated heterocycles. The predicted octanol–water partition coefficient (Wildman–Crippen LogP) is 15.5. The van der Waals surface area contributed by atoms with E-state index in [1.54, 1.807) is 11.3 Å². The van der Waals surface area contributed by atoms with Gasteiger partial charge in [-0.3, -0.25) is 0 Å². The van der Waals surface area contributed by atoms with Crippen LogP contribution in [0.25, 0.3) is 129 Å². The molecule has 0 N–H and O–H groups in total. The summed E-state index contributed by atoms with van der Waals surface area (Å²) in [5, 5.41) is 11.7. The Bertz CT molecular complexity index is 3870. The fourth-order valence-electron chi connectivity index (χ4n) is 8.99. The highest BCUT2D eigenvalue weighted by Gasteiger charge is 2.22. The van der Waals surface area contributed by atoms with E-state index in [1.807, 2.05) is 23.5 Å². The lowest BCUT2D eigenvalue weighted by atomic mass is 9.97. The fourth-order valence-corrected chi connectivity index (χ4v) is 11.3. The van der Waals surface area contributed by atoms with Crippen LogP contribution in [0.15, 0.2) is 180 Å². The average Bonchev–Trinajstić information content (AvgIpc) is 4.00. The number of nitrogens with zero attached hydrogens (tertiary/aromatic N) is 3. The quantitative estimate of drug-likeness (QED) is 0.167. The van der Waals surface area contributed by atoms with Crippen molar-refractivity contribution in [3.8, 4) is 45.3 Å². The Balaban J connectivity index is 1.07. The maximum absolute atomic E-state index is 6.81. The lowest BCUT2D eigenvalue weighted by Gasteiger charge is -2.12. The van der Waals surface area contributed by atoms with Gasteiger partial charge in [-0.15, -0.1) is 22.7 Å². The molecule has 0 atom stereocenters. The summed E-state index contributed by atoms with van der Waals surface area (Å²) in [7, 11) is 0. The van der Waals surface area contributed by atoms with Gasteiger partial charge in [0, 0.05) is 73.4 Å². The van der Waals surface area contributed by atoms with Gasteiger partial charge in [-0.2, -0.15) is 0 Å². The monoisotopic (exact) mass is 787 g/mol. The highest BCUT2D eigenvalue weighted by molar-refractivity contribution is 7.26. The minimum atomic E-state index is 0.600. The summed E-state index contributed by atoms with van der Waals surface area (Å²) in [6.07, 6.45) is 0. The first kappa shape index (κ1) is 32.8. The van der Waals surface area contributed by atoms with E-state index in [0.29, 0.717) is 17.5 Å². The number of para-hydroxylation sites is 1. The topological polar surface area (TPSA) is 51.8 Å². The van der Waals surface area contributed by atoms with Gasteiger partial charge in [-0.1, -0.05) is 127 Å². The molecule has 0 aliphatic carbocycles. The molecule has 274 valence electrons. The molecule has 4 heterocycles. The Labute approximate surface area is 345 Å². The number of furan rings is 1. The molecule has 0 radical (unpaired) electrons. The van der Waals surface area contributed by atoms with Crippen LogP contribution in [0.1, 0.15) is 0 Å². The van der Waals surface area contributed by atoms with Gasteiger partial charge in [0.1, 0.15) is 11.2 Å². The highest BCUT2D eigenvalue weighted by atomic mass is 32.1. The predicted molar refractivity (Wildman–Crippen MR) is 250 cm³/mol. The van der Waals surface area contributed by atoms with E-state index in [4.69, 9.17) is 19.4 Å². The van der Waals surface area contributed by atoms with Crippen molar-refractivity contribution in [1.82, 2.24) is 15.0 Å². The van der Waals surface area contributed by atoms with E-state index >= 15 is 0 Å². The number of hydrogen-bond donors (Lipinski definition) is 0. The van der Waals surface area contributed by atoms with Gasteiger partial charge in [0.25, 0.3) is 0 Å². The van der Waals surface area contributed by atoms with Crippen LogP contribution in [0, 0.1) is 0 Å². The Morgan fingerprint density at radius 3 is 1.81 bits per heavy atom. The molecule has 0 spiro atoms. The van der Waals surface area contributed by atoms with Gasteiger partial charge < -0.3 is 4.42 Å². The van der Waals surface area contributed by atoms with Crippen molar-refractivity contribution < 1.29 is 4.42 Å². The molecule has 0 aliphatic rings. The van der Waals surface area contributed by atoms with E-state index in [0.717, 1.165) is 60.5 Å². The van der Waals surface area contributed by atoms with Crippen LogP contribution in [-0.4, -0.2) is 15.0 Å². The molecule has 0 amide bonds. The summed E-state index contributed by atoms with van der Waals surface area (Å²) in [5.74, 6) is 1.86. The van der Waals surface area contributed by atoms with Crippen molar-refractivity contribution >= 4 is 107 Å². The van der Waals surface area contributed by atoms with E-state index < -0.39 is 0 Å². The Kier molecular flexibility index (Phi) is 7.02. The molecule has 13 rings (SSSR count). The summed E-state index contributed by atoms with van der Waals surface area (Å²) in [4.78, 5) is 16.0. The van der Waals surface area contributed by atoms with Crippen molar-refractivity contribution in [2.24, 2.45) is 0 Å². The molecule has 0 aliphatic heterocycles. The van der Waals surface area contributed by atoms with Gasteiger partial charge in [0.2, 0.25) is 0 Å². The molecule has 0 unspecified atom stereocenters. The fraction of sp³-hybridized carbons (Fsp3) is 0. The lowest BCUT2D eigenvalue weighted by Crippen LogP contribution is -2.01. The van der Waals surface area contributed by atoms with Crippen LogP contribution in [-0.2, 0) is 0 Å². The van der Waals surface area contributed by atoms with E-state index in [9.17, 15) is 0 Å². The van der Waals surface area contributed by atoms with E-state index in [2.05, 4.69) is 164 Å². The lowest BCUT2D eigenvalue weighted by molar-refractivity contribution is 0.670. The SMILES string of the molecule is c1ccc2c(c1)ccc1cc(-c3nc(-c4cccc5sc6ccccc6c45)nc(-c4ccc(-c5ccc6c(c5)sc5ccccc56)c5oc6ccccc6c45)n3)ccc12. The molecular formula is C53H29N3OS2. The smallest absolute Gasteiger partial charge is 0.164 e. The third-order valence-electron chi connectivity index (χ3n) is 11.7. The van der Waals surface area contributed by atoms with Gasteiger partial charge in [-0.25, -0.2) is 15.0 Å². The van der Waals surface area contributed by atoms with Crippen molar-refractivity contribution in [1.29, 1.82) is 0 Å². The zero-order valence-electron chi connectivity index (χ0n) is 31.3. The van der Waals surface area contributed by atoms with E-state index in [-0.39, 0.29) is 0 Å². The number of benzene rings is 9. The summed E-state index contributed by atoms with van der Waals surface area (Å²) in [6, 6.07) is 62.5. The van der Waals surface area contributed by atoms with Crippen LogP contribution in [0.5, 0.6) is 0 Å². The number of rotatable bonds is 4. The zero-order chi connectivity index (χ0) is 38.6. The summed E-state index contributed by atoms with van der Waals surface area (Å²) < 4.78 is 11.8. The Hall–Kier alpha value is -7.25. The Morgan fingerprint density at radius 2 is 0.932 bits per heavy atom. The van der Waals surface area contributed by atoms with E-state index in [1.165, 1.54) is 51.1 Å². The van der Waals surface area contributed by atoms with Gasteiger partial charge in [-0.05, 0) is 75.6 Å². The first-order valence-corrected chi connectivity index (χ1v) is 21.3. The molecule has 59 heavy (non-hydrogen) atoms. The third-order valence-corrected chi connectivity index (χ3v) is 14.0. The molecule has 6 heteroatoms. The van der Waals surface area contributed by atoms with Crippen LogP contribution in [0.4, 0.5) is 0 Å². The third kappa shape index (κ3) is 5.04. The Morgan fingerprint density at radius 1 is 0.339 bits per heavy atom. The first-order chi connectivity index (χ1) is 29.2. The van der Waals surface area contributed by atoms with Gasteiger partial charge >= 0.3 is 0 Å². The number of fused-ring (bicyclic) bond motifs is 12. The number of aromatic nitrogens is 3. The zero-order valence-corrected chi connectivity index (χ0v) is 32.9. The second-order valence-electron chi connectivity index (χ2n) is 15.1. The second-order valence-corrected chi connectivity index (χ2v) is 17.2. The summed E-state index contributed by atoms with van der Waals surface area (Å²) in [6.45, 7) is 0. The molecule has 0 bridgehead atoms. The summed E-state index contributed by atoms with van der Waals surface area (Å²) in [5.41, 5.74) is 6.60. The maximum Gasteiger partial charge on any atom is 0.164 e. The molecule has 9 aromatic carbocycles. The molecular weight excluding hydrogens is 759 g/mol. The van der Waals surface area contributed by atoms with Crippen molar-refractivity contribution in [2.75, 3.05) is 0 Å². The molecule has 0 fully saturated rings. The van der Waals surface area contributed by atoms with Gasteiger partial charge in [0.05, 0.1) is 0 Å². The summed E-state index contributed by atoms with van der Waals surface area (Å²) >= 11 is 3.62. The molecule has 13 aromatic rings.